The molecule has 5 atom stereocenters. The predicted molar refractivity (Wildman–Crippen MR) is 84.3 cm³/mol. The molecule has 2 fully saturated rings. The van der Waals surface area contributed by atoms with E-state index in [1.807, 2.05) is 0 Å². The van der Waals surface area contributed by atoms with Gasteiger partial charge in [-0.2, -0.15) is 0 Å². The number of carbonyl (C=O) groups is 1. The molecule has 0 aromatic heterocycles. The van der Waals surface area contributed by atoms with Gasteiger partial charge >= 0.3 is 5.97 Å². The molecule has 2 N–H and O–H groups in total. The number of ether oxygens (including phenoxy) is 2. The molecule has 1 aromatic rings. The number of hydrogen-bond acceptors (Lipinski definition) is 5. The maximum Gasteiger partial charge on any atom is 0.306 e. The van der Waals surface area contributed by atoms with E-state index in [1.54, 1.807) is 24.3 Å². The SMILES string of the molecule is O=C1C[C@@H]2C(CC[C@H](O)COc3cccc(Cl)c3)[C@H](O)C[C@@H]2O1. The zero-order valence-electron chi connectivity index (χ0n) is 12.7. The Hall–Kier alpha value is -1.30. The summed E-state index contributed by atoms with van der Waals surface area (Å²) in [5, 5.41) is 20.8. The van der Waals surface area contributed by atoms with Crippen LogP contribution in [0.15, 0.2) is 24.3 Å². The fraction of sp³-hybridized carbons (Fsp3) is 0.588. The number of fused-ring (bicyclic) bond motifs is 1. The molecule has 0 amide bonds. The van der Waals surface area contributed by atoms with Crippen LogP contribution in [0.3, 0.4) is 0 Å². The number of carbonyl (C=O) groups excluding carboxylic acids is 1. The fourth-order valence-corrected chi connectivity index (χ4v) is 3.78. The molecule has 23 heavy (non-hydrogen) atoms. The first-order chi connectivity index (χ1) is 11.0. The molecule has 3 rings (SSSR count). The molecular formula is C17H21ClO5. The normalized spacial score (nSPS) is 30.8. The van der Waals surface area contributed by atoms with Crippen LogP contribution in [0.4, 0.5) is 0 Å². The molecular weight excluding hydrogens is 320 g/mol. The molecule has 1 saturated heterocycles. The second-order valence-corrected chi connectivity index (χ2v) is 6.80. The summed E-state index contributed by atoms with van der Waals surface area (Å²) in [5.74, 6) is 0.528. The lowest BCUT2D eigenvalue weighted by molar-refractivity contribution is -0.141. The van der Waals surface area contributed by atoms with Crippen molar-refractivity contribution in [3.8, 4) is 5.75 Å². The van der Waals surface area contributed by atoms with Crippen LogP contribution in [0.2, 0.25) is 5.02 Å². The first-order valence-corrected chi connectivity index (χ1v) is 8.34. The van der Waals surface area contributed by atoms with Crippen LogP contribution < -0.4 is 4.74 Å². The molecule has 1 heterocycles. The summed E-state index contributed by atoms with van der Waals surface area (Å²) in [6, 6.07) is 7.02. The van der Waals surface area contributed by atoms with Gasteiger partial charge in [-0.05, 0) is 37.0 Å². The minimum absolute atomic E-state index is 0.00673. The molecule has 1 aliphatic heterocycles. The van der Waals surface area contributed by atoms with E-state index in [2.05, 4.69) is 0 Å². The van der Waals surface area contributed by atoms with Gasteiger partial charge in [0, 0.05) is 17.4 Å². The second-order valence-electron chi connectivity index (χ2n) is 6.36. The number of aliphatic hydroxyl groups is 2. The van der Waals surface area contributed by atoms with Crippen molar-refractivity contribution in [1.29, 1.82) is 0 Å². The van der Waals surface area contributed by atoms with Crippen LogP contribution in [0.5, 0.6) is 5.75 Å². The first-order valence-electron chi connectivity index (χ1n) is 7.97. The third kappa shape index (κ3) is 3.97. The number of esters is 1. The van der Waals surface area contributed by atoms with Crippen molar-refractivity contribution >= 4 is 17.6 Å². The van der Waals surface area contributed by atoms with E-state index in [1.165, 1.54) is 0 Å². The van der Waals surface area contributed by atoms with E-state index >= 15 is 0 Å². The quantitative estimate of drug-likeness (QED) is 0.776. The minimum atomic E-state index is -0.627. The highest BCUT2D eigenvalue weighted by Gasteiger charge is 2.49. The number of benzene rings is 1. The lowest BCUT2D eigenvalue weighted by Crippen LogP contribution is -2.24. The van der Waals surface area contributed by atoms with Crippen molar-refractivity contribution < 1.29 is 24.5 Å². The third-order valence-electron chi connectivity index (χ3n) is 4.75. The summed E-state index contributed by atoms with van der Waals surface area (Å²) in [7, 11) is 0. The van der Waals surface area contributed by atoms with E-state index in [-0.39, 0.29) is 30.5 Å². The van der Waals surface area contributed by atoms with E-state index < -0.39 is 12.2 Å². The molecule has 0 radical (unpaired) electrons. The van der Waals surface area contributed by atoms with Crippen LogP contribution in [0.1, 0.15) is 25.7 Å². The lowest BCUT2D eigenvalue weighted by Gasteiger charge is -2.21. The van der Waals surface area contributed by atoms with Gasteiger partial charge in [0.1, 0.15) is 18.5 Å². The van der Waals surface area contributed by atoms with Crippen molar-refractivity contribution in [2.45, 2.75) is 44.0 Å². The Kier molecular flexibility index (Phi) is 5.09. The molecule has 0 spiro atoms. The van der Waals surface area contributed by atoms with Gasteiger partial charge in [0.25, 0.3) is 0 Å². The standard InChI is InChI=1S/C17H21ClO5/c18-10-2-1-3-12(6-10)22-9-11(19)4-5-13-14-7-17(21)23-16(14)8-15(13)20/h1-3,6,11,13-16,19-20H,4-5,7-9H2/t11-,13?,14+,15+,16-/m0/s1. The highest BCUT2D eigenvalue weighted by atomic mass is 35.5. The average Bonchev–Trinajstić information content (AvgIpc) is 2.98. The van der Waals surface area contributed by atoms with Crippen molar-refractivity contribution in [3.05, 3.63) is 29.3 Å². The van der Waals surface area contributed by atoms with Crippen LogP contribution in [0.25, 0.3) is 0 Å². The number of hydrogen-bond donors (Lipinski definition) is 2. The predicted octanol–water partition coefficient (Wildman–Crippen LogP) is 2.17. The first kappa shape index (κ1) is 16.6. The largest absolute Gasteiger partial charge is 0.491 e. The second kappa shape index (κ2) is 7.07. The molecule has 1 aromatic carbocycles. The van der Waals surface area contributed by atoms with E-state index in [0.717, 1.165) is 0 Å². The topological polar surface area (TPSA) is 76.0 Å². The molecule has 126 valence electrons. The molecule has 1 aliphatic carbocycles. The Morgan fingerprint density at radius 3 is 3.04 bits per heavy atom. The highest BCUT2D eigenvalue weighted by Crippen LogP contribution is 2.43. The Bertz CT molecular complexity index is 564. The molecule has 1 saturated carbocycles. The Morgan fingerprint density at radius 2 is 2.26 bits per heavy atom. The number of halogens is 1. The monoisotopic (exact) mass is 340 g/mol. The van der Waals surface area contributed by atoms with Gasteiger partial charge in [-0.1, -0.05) is 17.7 Å². The molecule has 6 heteroatoms. The smallest absolute Gasteiger partial charge is 0.306 e. The maximum absolute atomic E-state index is 11.3. The minimum Gasteiger partial charge on any atom is -0.491 e. The van der Waals surface area contributed by atoms with Crippen LogP contribution in [-0.2, 0) is 9.53 Å². The summed E-state index contributed by atoms with van der Waals surface area (Å²) >= 11 is 5.88. The molecule has 5 nitrogen and oxygen atoms in total. The van der Waals surface area contributed by atoms with Gasteiger partial charge in [-0.25, -0.2) is 0 Å². The summed E-state index contributed by atoms with van der Waals surface area (Å²) in [5.41, 5.74) is 0. The van der Waals surface area contributed by atoms with E-state index in [9.17, 15) is 15.0 Å². The third-order valence-corrected chi connectivity index (χ3v) is 4.99. The maximum atomic E-state index is 11.3. The van der Waals surface area contributed by atoms with Gasteiger partial charge in [0.15, 0.2) is 0 Å². The summed E-state index contributed by atoms with van der Waals surface area (Å²) in [6.45, 7) is 0.173. The van der Waals surface area contributed by atoms with Crippen LogP contribution in [-0.4, -0.2) is 41.1 Å². The summed E-state index contributed by atoms with van der Waals surface area (Å²) in [4.78, 5) is 11.3. The van der Waals surface area contributed by atoms with Crippen molar-refractivity contribution in [3.63, 3.8) is 0 Å². The molecule has 2 aliphatic rings. The van der Waals surface area contributed by atoms with Gasteiger partial charge in [0.05, 0.1) is 18.6 Å². The molecule has 0 bridgehead atoms. The number of aliphatic hydroxyl groups excluding tert-OH is 2. The van der Waals surface area contributed by atoms with Crippen molar-refractivity contribution in [1.82, 2.24) is 0 Å². The lowest BCUT2D eigenvalue weighted by atomic mass is 9.87. The summed E-state index contributed by atoms with van der Waals surface area (Å²) < 4.78 is 10.7. The Balaban J connectivity index is 1.45. The zero-order valence-corrected chi connectivity index (χ0v) is 13.5. The van der Waals surface area contributed by atoms with Crippen LogP contribution in [0, 0.1) is 11.8 Å². The Labute approximate surface area is 140 Å². The highest BCUT2D eigenvalue weighted by molar-refractivity contribution is 6.30. The van der Waals surface area contributed by atoms with Crippen molar-refractivity contribution in [2.24, 2.45) is 11.8 Å². The Morgan fingerprint density at radius 1 is 1.43 bits per heavy atom. The van der Waals surface area contributed by atoms with Gasteiger partial charge in [-0.3, -0.25) is 4.79 Å². The van der Waals surface area contributed by atoms with Gasteiger partial charge < -0.3 is 19.7 Å². The van der Waals surface area contributed by atoms with Crippen molar-refractivity contribution in [2.75, 3.05) is 6.61 Å². The molecule has 1 unspecified atom stereocenters. The van der Waals surface area contributed by atoms with Gasteiger partial charge in [-0.15, -0.1) is 0 Å². The zero-order chi connectivity index (χ0) is 16.4. The number of rotatable bonds is 6. The fourth-order valence-electron chi connectivity index (χ4n) is 3.60. The van der Waals surface area contributed by atoms with E-state index in [0.29, 0.717) is 36.5 Å². The van der Waals surface area contributed by atoms with E-state index in [4.69, 9.17) is 21.1 Å². The summed E-state index contributed by atoms with van der Waals surface area (Å²) in [6.07, 6.45) is 0.816. The average molecular weight is 341 g/mol. The van der Waals surface area contributed by atoms with Gasteiger partial charge in [0.2, 0.25) is 0 Å². The van der Waals surface area contributed by atoms with Crippen LogP contribution >= 0.6 is 11.6 Å².